The second-order valence-corrected chi connectivity index (χ2v) is 6.50. The summed E-state index contributed by atoms with van der Waals surface area (Å²) in [5, 5.41) is 7.87. The van der Waals surface area contributed by atoms with E-state index in [1.165, 1.54) is 19.3 Å². The average molecular weight is 225 g/mol. The van der Waals surface area contributed by atoms with Crippen molar-refractivity contribution >= 4 is 5.71 Å². The van der Waals surface area contributed by atoms with Crippen LogP contribution in [0.1, 0.15) is 74.1 Å². The van der Waals surface area contributed by atoms with Gasteiger partial charge in [0.05, 0.1) is 0 Å². The van der Waals surface area contributed by atoms with Crippen molar-refractivity contribution in [3.05, 3.63) is 0 Å². The van der Waals surface area contributed by atoms with E-state index in [4.69, 9.17) is 5.41 Å². The zero-order valence-corrected chi connectivity index (χ0v) is 12.4. The molecule has 0 aliphatic heterocycles. The van der Waals surface area contributed by atoms with Crippen LogP contribution in [0.5, 0.6) is 0 Å². The summed E-state index contributed by atoms with van der Waals surface area (Å²) in [5.41, 5.74) is 1.52. The molecule has 0 aliphatic carbocycles. The van der Waals surface area contributed by atoms with Crippen molar-refractivity contribution in [2.75, 3.05) is 0 Å². The Morgan fingerprint density at radius 3 is 2.00 bits per heavy atom. The summed E-state index contributed by atoms with van der Waals surface area (Å²) in [6, 6.07) is 0. The summed E-state index contributed by atoms with van der Waals surface area (Å²) in [4.78, 5) is 0. The van der Waals surface area contributed by atoms with Gasteiger partial charge in [0.15, 0.2) is 0 Å². The summed E-state index contributed by atoms with van der Waals surface area (Å²) >= 11 is 0. The summed E-state index contributed by atoms with van der Waals surface area (Å²) in [6.45, 7) is 15.8. The molecule has 0 aliphatic rings. The third-order valence-corrected chi connectivity index (χ3v) is 4.31. The third kappa shape index (κ3) is 4.27. The SMILES string of the molecule is CCCC(C)(C)CC(C)(CC)C(C)C(C)=N. The predicted molar refractivity (Wildman–Crippen MR) is 74.3 cm³/mol. The van der Waals surface area contributed by atoms with Crippen LogP contribution < -0.4 is 0 Å². The van der Waals surface area contributed by atoms with Crippen molar-refractivity contribution in [2.24, 2.45) is 16.7 Å². The van der Waals surface area contributed by atoms with Crippen LogP contribution in [0.15, 0.2) is 0 Å². The zero-order chi connectivity index (χ0) is 13.0. The average Bonchev–Trinajstić information content (AvgIpc) is 2.15. The lowest BCUT2D eigenvalue weighted by Crippen LogP contribution is -2.34. The first kappa shape index (κ1) is 15.7. The van der Waals surface area contributed by atoms with E-state index in [0.29, 0.717) is 11.3 Å². The molecule has 0 radical (unpaired) electrons. The molecule has 96 valence electrons. The number of hydrogen-bond acceptors (Lipinski definition) is 1. The molecule has 0 spiro atoms. The van der Waals surface area contributed by atoms with Gasteiger partial charge < -0.3 is 5.41 Å². The first-order chi connectivity index (χ1) is 7.18. The topological polar surface area (TPSA) is 23.9 Å². The largest absolute Gasteiger partial charge is 0.310 e. The molecule has 0 bridgehead atoms. The molecular formula is C15H31N. The highest BCUT2D eigenvalue weighted by Gasteiger charge is 2.35. The highest BCUT2D eigenvalue weighted by Crippen LogP contribution is 2.44. The van der Waals surface area contributed by atoms with Crippen LogP contribution in [0.25, 0.3) is 0 Å². The Morgan fingerprint density at radius 1 is 1.19 bits per heavy atom. The molecule has 0 aromatic rings. The Morgan fingerprint density at radius 2 is 1.69 bits per heavy atom. The molecule has 2 unspecified atom stereocenters. The number of rotatable bonds is 7. The quantitative estimate of drug-likeness (QED) is 0.569. The fourth-order valence-electron chi connectivity index (χ4n) is 2.97. The van der Waals surface area contributed by atoms with Gasteiger partial charge in [-0.25, -0.2) is 0 Å². The maximum absolute atomic E-state index is 7.87. The monoisotopic (exact) mass is 225 g/mol. The van der Waals surface area contributed by atoms with Crippen LogP contribution in [-0.2, 0) is 0 Å². The molecule has 1 N–H and O–H groups in total. The second kappa shape index (κ2) is 5.84. The third-order valence-electron chi connectivity index (χ3n) is 4.31. The van der Waals surface area contributed by atoms with Crippen LogP contribution in [0.2, 0.25) is 0 Å². The van der Waals surface area contributed by atoms with Gasteiger partial charge in [-0.05, 0) is 36.5 Å². The minimum atomic E-state index is 0.282. The molecule has 1 heteroatoms. The van der Waals surface area contributed by atoms with Crippen LogP contribution in [0.3, 0.4) is 0 Å². The van der Waals surface area contributed by atoms with Gasteiger partial charge in [-0.3, -0.25) is 0 Å². The summed E-state index contributed by atoms with van der Waals surface area (Å²) in [5.74, 6) is 0.397. The van der Waals surface area contributed by atoms with Gasteiger partial charge in [0.1, 0.15) is 0 Å². The predicted octanol–water partition coefficient (Wildman–Crippen LogP) is 5.29. The Hall–Kier alpha value is -0.330. The van der Waals surface area contributed by atoms with Crippen molar-refractivity contribution in [1.82, 2.24) is 0 Å². The van der Waals surface area contributed by atoms with Crippen LogP contribution >= 0.6 is 0 Å². The minimum absolute atomic E-state index is 0.282. The van der Waals surface area contributed by atoms with E-state index < -0.39 is 0 Å². The molecule has 2 atom stereocenters. The Labute approximate surface area is 103 Å². The van der Waals surface area contributed by atoms with Crippen LogP contribution in [0.4, 0.5) is 0 Å². The molecule has 0 saturated carbocycles. The molecule has 0 fully saturated rings. The Bertz CT molecular complexity index is 230. The van der Waals surface area contributed by atoms with Gasteiger partial charge in [0.2, 0.25) is 0 Å². The van der Waals surface area contributed by atoms with E-state index in [2.05, 4.69) is 41.5 Å². The normalized spacial score (nSPS) is 17.9. The molecule has 0 aromatic carbocycles. The summed E-state index contributed by atoms with van der Waals surface area (Å²) in [7, 11) is 0. The smallest absolute Gasteiger partial charge is 0.00917 e. The Balaban J connectivity index is 4.78. The first-order valence-electron chi connectivity index (χ1n) is 6.73. The fraction of sp³-hybridized carbons (Fsp3) is 0.933. The first-order valence-corrected chi connectivity index (χ1v) is 6.73. The van der Waals surface area contributed by atoms with E-state index in [0.717, 1.165) is 12.1 Å². The van der Waals surface area contributed by atoms with Crippen LogP contribution in [0, 0.1) is 22.2 Å². The van der Waals surface area contributed by atoms with Gasteiger partial charge in [0.25, 0.3) is 0 Å². The standard InChI is InChI=1S/C15H31N/c1-8-10-14(5,6)11-15(7,9-2)12(3)13(4)16/h12,16H,8-11H2,1-7H3. The van der Waals surface area contributed by atoms with Crippen molar-refractivity contribution in [1.29, 1.82) is 5.41 Å². The Kier molecular flexibility index (Phi) is 5.72. The van der Waals surface area contributed by atoms with Crippen molar-refractivity contribution in [3.8, 4) is 0 Å². The van der Waals surface area contributed by atoms with Gasteiger partial charge in [0, 0.05) is 5.71 Å². The molecule has 0 amide bonds. The van der Waals surface area contributed by atoms with Crippen molar-refractivity contribution < 1.29 is 0 Å². The van der Waals surface area contributed by atoms with E-state index >= 15 is 0 Å². The van der Waals surface area contributed by atoms with E-state index in [9.17, 15) is 0 Å². The minimum Gasteiger partial charge on any atom is -0.310 e. The molecule has 16 heavy (non-hydrogen) atoms. The molecule has 0 saturated heterocycles. The van der Waals surface area contributed by atoms with E-state index in [-0.39, 0.29) is 5.41 Å². The maximum Gasteiger partial charge on any atom is 0.00917 e. The van der Waals surface area contributed by atoms with E-state index in [1.807, 2.05) is 6.92 Å². The number of nitrogens with one attached hydrogen (secondary N) is 1. The highest BCUT2D eigenvalue weighted by molar-refractivity contribution is 5.81. The summed E-state index contributed by atoms with van der Waals surface area (Å²) in [6.07, 6.45) is 4.93. The lowest BCUT2D eigenvalue weighted by molar-refractivity contribution is 0.127. The van der Waals surface area contributed by atoms with Gasteiger partial charge >= 0.3 is 0 Å². The molecule has 0 heterocycles. The van der Waals surface area contributed by atoms with Crippen molar-refractivity contribution in [2.45, 2.75) is 74.1 Å². The van der Waals surface area contributed by atoms with Gasteiger partial charge in [-0.15, -0.1) is 0 Å². The summed E-state index contributed by atoms with van der Waals surface area (Å²) < 4.78 is 0. The lowest BCUT2D eigenvalue weighted by atomic mass is 9.64. The molecule has 0 aromatic heterocycles. The van der Waals surface area contributed by atoms with Gasteiger partial charge in [-0.1, -0.05) is 54.4 Å². The van der Waals surface area contributed by atoms with Crippen LogP contribution in [-0.4, -0.2) is 5.71 Å². The lowest BCUT2D eigenvalue weighted by Gasteiger charge is -2.41. The molecule has 0 rings (SSSR count). The maximum atomic E-state index is 7.87. The van der Waals surface area contributed by atoms with E-state index in [1.54, 1.807) is 0 Å². The second-order valence-electron chi connectivity index (χ2n) is 6.50. The zero-order valence-electron chi connectivity index (χ0n) is 12.4. The molecular weight excluding hydrogens is 194 g/mol. The van der Waals surface area contributed by atoms with Crippen molar-refractivity contribution in [3.63, 3.8) is 0 Å². The number of hydrogen-bond donors (Lipinski definition) is 1. The highest BCUT2D eigenvalue weighted by atomic mass is 14.5. The molecule has 1 nitrogen and oxygen atoms in total. The van der Waals surface area contributed by atoms with Gasteiger partial charge in [-0.2, -0.15) is 0 Å². The fourth-order valence-corrected chi connectivity index (χ4v) is 2.97.